The monoisotopic (exact) mass is 398 g/mol. The molecule has 0 radical (unpaired) electrons. The Kier molecular flexibility index (Phi) is 5.06. The first kappa shape index (κ1) is 19.4. The number of nitrogens with zero attached hydrogens (tertiary/aromatic N) is 2. The summed E-state index contributed by atoms with van der Waals surface area (Å²) >= 11 is 0. The highest BCUT2D eigenvalue weighted by molar-refractivity contribution is 6.04. The summed E-state index contributed by atoms with van der Waals surface area (Å²) in [6.07, 6.45) is 0. The van der Waals surface area contributed by atoms with E-state index in [2.05, 4.69) is 45.8 Å². The molecule has 6 nitrogen and oxygen atoms in total. The van der Waals surface area contributed by atoms with E-state index in [4.69, 9.17) is 0 Å². The summed E-state index contributed by atoms with van der Waals surface area (Å²) in [7, 11) is 0. The van der Waals surface area contributed by atoms with Gasteiger partial charge in [-0.1, -0.05) is 12.1 Å². The van der Waals surface area contributed by atoms with E-state index >= 15 is 0 Å². The van der Waals surface area contributed by atoms with Crippen molar-refractivity contribution in [3.63, 3.8) is 0 Å². The van der Waals surface area contributed by atoms with Crippen LogP contribution in [0.3, 0.4) is 0 Å². The molecule has 0 spiro atoms. The maximum atomic E-state index is 12.7. The van der Waals surface area contributed by atoms with Gasteiger partial charge in [-0.15, -0.1) is 0 Å². The van der Waals surface area contributed by atoms with E-state index < -0.39 is 0 Å². The summed E-state index contributed by atoms with van der Waals surface area (Å²) in [6, 6.07) is 20.3. The van der Waals surface area contributed by atoms with Crippen LogP contribution in [0.1, 0.15) is 27.4 Å². The Balaban J connectivity index is 1.55. The van der Waals surface area contributed by atoms with Gasteiger partial charge in [0, 0.05) is 45.6 Å². The molecule has 0 aliphatic heterocycles. The Labute approximate surface area is 174 Å². The van der Waals surface area contributed by atoms with Gasteiger partial charge in [-0.2, -0.15) is 0 Å². The van der Waals surface area contributed by atoms with Crippen molar-refractivity contribution in [3.8, 4) is 17.1 Å². The Morgan fingerprint density at radius 3 is 2.30 bits per heavy atom. The molecule has 4 aromatic rings. The lowest BCUT2D eigenvalue weighted by Crippen LogP contribution is -2.12. The number of aryl methyl sites for hydroxylation is 3. The number of aromatic nitrogens is 3. The van der Waals surface area contributed by atoms with Crippen molar-refractivity contribution >= 4 is 11.6 Å². The van der Waals surface area contributed by atoms with E-state index in [1.165, 1.54) is 6.07 Å². The second-order valence-electron chi connectivity index (χ2n) is 7.27. The van der Waals surface area contributed by atoms with Crippen LogP contribution in [0.2, 0.25) is 0 Å². The maximum Gasteiger partial charge on any atom is 0.255 e. The minimum atomic E-state index is -0.208. The SMILES string of the molecule is Cc1cc(=O)[nH]c(-c2cccc(NC(=O)c3ccc(-n4c(C)ccc4C)cc3)c2)n1. The zero-order chi connectivity index (χ0) is 21.3. The molecule has 4 rings (SSSR count). The Bertz CT molecular complexity index is 1260. The molecule has 1 amide bonds. The first-order valence-corrected chi connectivity index (χ1v) is 9.66. The number of rotatable bonds is 4. The molecule has 0 unspecified atom stereocenters. The summed E-state index contributed by atoms with van der Waals surface area (Å²) in [4.78, 5) is 31.5. The van der Waals surface area contributed by atoms with Crippen LogP contribution in [-0.2, 0) is 0 Å². The average Bonchev–Trinajstić information content (AvgIpc) is 3.06. The lowest BCUT2D eigenvalue weighted by atomic mass is 10.1. The van der Waals surface area contributed by atoms with Crippen molar-refractivity contribution in [2.45, 2.75) is 20.8 Å². The predicted octanol–water partition coefficient (Wildman–Crippen LogP) is 4.41. The highest BCUT2D eigenvalue weighted by atomic mass is 16.1. The van der Waals surface area contributed by atoms with Crippen LogP contribution in [0, 0.1) is 20.8 Å². The number of nitrogens with one attached hydrogen (secondary N) is 2. The third kappa shape index (κ3) is 3.93. The number of carbonyl (C=O) groups is 1. The Morgan fingerprint density at radius 2 is 1.63 bits per heavy atom. The van der Waals surface area contributed by atoms with Crippen LogP contribution in [0.25, 0.3) is 17.1 Å². The number of hydrogen-bond donors (Lipinski definition) is 2. The van der Waals surface area contributed by atoms with Gasteiger partial charge in [-0.25, -0.2) is 4.98 Å². The first-order valence-electron chi connectivity index (χ1n) is 9.66. The molecule has 0 atom stereocenters. The van der Waals surface area contributed by atoms with Gasteiger partial charge in [0.05, 0.1) is 0 Å². The van der Waals surface area contributed by atoms with Gasteiger partial charge in [0.1, 0.15) is 5.82 Å². The lowest BCUT2D eigenvalue weighted by Gasteiger charge is -2.11. The molecule has 0 saturated carbocycles. The lowest BCUT2D eigenvalue weighted by molar-refractivity contribution is 0.102. The highest BCUT2D eigenvalue weighted by Crippen LogP contribution is 2.20. The Hall–Kier alpha value is -3.93. The van der Waals surface area contributed by atoms with E-state index in [9.17, 15) is 9.59 Å². The highest BCUT2D eigenvalue weighted by Gasteiger charge is 2.10. The van der Waals surface area contributed by atoms with Crippen molar-refractivity contribution in [3.05, 3.63) is 99.7 Å². The molecule has 0 saturated heterocycles. The molecule has 30 heavy (non-hydrogen) atoms. The summed E-state index contributed by atoms with van der Waals surface area (Å²) in [6.45, 7) is 5.87. The quantitative estimate of drug-likeness (QED) is 0.535. The van der Waals surface area contributed by atoms with Gasteiger partial charge in [-0.3, -0.25) is 9.59 Å². The predicted molar refractivity (Wildman–Crippen MR) is 118 cm³/mol. The van der Waals surface area contributed by atoms with E-state index in [0.717, 1.165) is 22.6 Å². The minimum absolute atomic E-state index is 0.203. The largest absolute Gasteiger partial charge is 0.322 e. The van der Waals surface area contributed by atoms with E-state index in [-0.39, 0.29) is 11.5 Å². The third-order valence-corrected chi connectivity index (χ3v) is 4.92. The Morgan fingerprint density at radius 1 is 0.933 bits per heavy atom. The molecule has 2 aromatic carbocycles. The van der Waals surface area contributed by atoms with Gasteiger partial charge in [0.2, 0.25) is 0 Å². The first-order chi connectivity index (χ1) is 14.4. The molecule has 2 aromatic heterocycles. The topological polar surface area (TPSA) is 79.8 Å². The number of benzene rings is 2. The van der Waals surface area contributed by atoms with Gasteiger partial charge >= 0.3 is 0 Å². The van der Waals surface area contributed by atoms with E-state index in [1.807, 2.05) is 36.4 Å². The molecule has 0 aliphatic carbocycles. The van der Waals surface area contributed by atoms with E-state index in [1.54, 1.807) is 19.1 Å². The standard InChI is InChI=1S/C24H22N4O2/c1-15-13-22(29)27-23(25-15)19-5-4-6-20(14-19)26-24(30)18-9-11-21(12-10-18)28-16(2)7-8-17(28)3/h4-14H,1-3H3,(H,26,30)(H,25,27,29). The van der Waals surface area contributed by atoms with Crippen molar-refractivity contribution in [2.75, 3.05) is 5.32 Å². The van der Waals surface area contributed by atoms with Crippen molar-refractivity contribution < 1.29 is 4.79 Å². The van der Waals surface area contributed by atoms with Crippen LogP contribution < -0.4 is 10.9 Å². The number of aromatic amines is 1. The molecule has 6 heteroatoms. The fraction of sp³-hybridized carbons (Fsp3) is 0.125. The van der Waals surface area contributed by atoms with Crippen molar-refractivity contribution in [1.82, 2.24) is 14.5 Å². The number of H-pyrrole nitrogens is 1. The molecule has 0 fully saturated rings. The summed E-state index contributed by atoms with van der Waals surface area (Å²) < 4.78 is 2.14. The number of amides is 1. The molecular weight excluding hydrogens is 376 g/mol. The number of carbonyl (C=O) groups excluding carboxylic acids is 1. The molecule has 0 aliphatic rings. The fourth-order valence-corrected chi connectivity index (χ4v) is 3.50. The van der Waals surface area contributed by atoms with E-state index in [0.29, 0.717) is 22.8 Å². The van der Waals surface area contributed by atoms with Gasteiger partial charge in [0.25, 0.3) is 11.5 Å². The second-order valence-corrected chi connectivity index (χ2v) is 7.27. The zero-order valence-electron chi connectivity index (χ0n) is 17.1. The summed E-state index contributed by atoms with van der Waals surface area (Å²) in [5.74, 6) is 0.267. The van der Waals surface area contributed by atoms with Crippen LogP contribution >= 0.6 is 0 Å². The normalized spacial score (nSPS) is 10.8. The van der Waals surface area contributed by atoms with Crippen molar-refractivity contribution in [1.29, 1.82) is 0 Å². The molecule has 2 heterocycles. The minimum Gasteiger partial charge on any atom is -0.322 e. The number of hydrogen-bond acceptors (Lipinski definition) is 3. The molecule has 0 bridgehead atoms. The summed E-state index contributed by atoms with van der Waals surface area (Å²) in [5, 5.41) is 2.91. The summed E-state index contributed by atoms with van der Waals surface area (Å²) in [5.41, 5.74) is 5.65. The zero-order valence-corrected chi connectivity index (χ0v) is 17.1. The van der Waals surface area contributed by atoms with Gasteiger partial charge < -0.3 is 14.9 Å². The number of anilines is 1. The van der Waals surface area contributed by atoms with Gasteiger partial charge in [0.15, 0.2) is 0 Å². The van der Waals surface area contributed by atoms with Crippen LogP contribution in [0.15, 0.2) is 71.5 Å². The molecule has 2 N–H and O–H groups in total. The fourth-order valence-electron chi connectivity index (χ4n) is 3.50. The molecule has 150 valence electrons. The third-order valence-electron chi connectivity index (χ3n) is 4.92. The van der Waals surface area contributed by atoms with Crippen LogP contribution in [0.4, 0.5) is 5.69 Å². The van der Waals surface area contributed by atoms with Crippen molar-refractivity contribution in [2.24, 2.45) is 0 Å². The molecular formula is C24H22N4O2. The van der Waals surface area contributed by atoms with Crippen LogP contribution in [0.5, 0.6) is 0 Å². The van der Waals surface area contributed by atoms with Crippen LogP contribution in [-0.4, -0.2) is 20.4 Å². The average molecular weight is 398 g/mol. The smallest absolute Gasteiger partial charge is 0.255 e. The maximum absolute atomic E-state index is 12.7. The van der Waals surface area contributed by atoms with Gasteiger partial charge in [-0.05, 0) is 69.3 Å². The second kappa shape index (κ2) is 7.83.